The van der Waals surface area contributed by atoms with E-state index in [1.807, 2.05) is 67.6 Å². The van der Waals surface area contributed by atoms with E-state index in [1.54, 1.807) is 6.07 Å². The number of fused-ring (bicyclic) bond motifs is 1. The van der Waals surface area contributed by atoms with Gasteiger partial charge in [0.25, 0.3) is 0 Å². The molecule has 0 bridgehead atoms. The topological polar surface area (TPSA) is 65.4 Å². The Morgan fingerprint density at radius 1 is 0.971 bits per heavy atom. The number of carbonyl (C=O) groups excluding carboxylic acids is 1. The van der Waals surface area contributed by atoms with Gasteiger partial charge in [-0.25, -0.2) is 4.98 Å². The van der Waals surface area contributed by atoms with Crippen LogP contribution in [-0.4, -0.2) is 35.2 Å². The van der Waals surface area contributed by atoms with Crippen molar-refractivity contribution in [3.8, 4) is 11.5 Å². The third kappa shape index (κ3) is 5.88. The summed E-state index contributed by atoms with van der Waals surface area (Å²) in [5, 5.41) is 3.59. The van der Waals surface area contributed by atoms with Crippen LogP contribution in [-0.2, 0) is 24.2 Å². The number of ether oxygens (including phenoxy) is 2. The standard InChI is InChI=1S/C27H28ClN3O3/c1-2-33-24-13-7-8-14-25(24)34-18-17-31-23-12-6-5-11-22(23)30-26(31)15-16-29-27(32)19-20-9-3-4-10-21(20)28/h3-14H,2,15-19H2,1H3,(H,29,32). The van der Waals surface area contributed by atoms with Gasteiger partial charge in [-0.15, -0.1) is 0 Å². The van der Waals surface area contributed by atoms with Gasteiger partial charge < -0.3 is 19.4 Å². The highest BCUT2D eigenvalue weighted by atomic mass is 35.5. The predicted molar refractivity (Wildman–Crippen MR) is 135 cm³/mol. The van der Waals surface area contributed by atoms with Gasteiger partial charge >= 0.3 is 0 Å². The van der Waals surface area contributed by atoms with E-state index in [2.05, 4.69) is 16.0 Å². The number of amides is 1. The fourth-order valence-electron chi connectivity index (χ4n) is 3.85. The van der Waals surface area contributed by atoms with Gasteiger partial charge in [-0.2, -0.15) is 0 Å². The second-order valence-corrected chi connectivity index (χ2v) is 8.17. The van der Waals surface area contributed by atoms with Crippen LogP contribution in [0.25, 0.3) is 11.0 Å². The smallest absolute Gasteiger partial charge is 0.224 e. The fourth-order valence-corrected chi connectivity index (χ4v) is 4.05. The highest BCUT2D eigenvalue weighted by Gasteiger charge is 2.12. The third-order valence-electron chi connectivity index (χ3n) is 5.43. The Morgan fingerprint density at radius 3 is 2.47 bits per heavy atom. The molecule has 0 radical (unpaired) electrons. The first-order valence-corrected chi connectivity index (χ1v) is 11.8. The Hall–Kier alpha value is -3.51. The minimum atomic E-state index is -0.0633. The van der Waals surface area contributed by atoms with Crippen molar-refractivity contribution in [3.63, 3.8) is 0 Å². The zero-order chi connectivity index (χ0) is 23.8. The van der Waals surface area contributed by atoms with Gasteiger partial charge in [0.05, 0.1) is 30.6 Å². The molecule has 3 aromatic carbocycles. The van der Waals surface area contributed by atoms with E-state index < -0.39 is 0 Å². The summed E-state index contributed by atoms with van der Waals surface area (Å²) in [6.07, 6.45) is 0.863. The van der Waals surface area contributed by atoms with Crippen LogP contribution in [0.3, 0.4) is 0 Å². The van der Waals surface area contributed by atoms with Gasteiger partial charge in [-0.05, 0) is 42.8 Å². The SMILES string of the molecule is CCOc1ccccc1OCCn1c(CCNC(=O)Cc2ccccc2Cl)nc2ccccc21. The minimum absolute atomic E-state index is 0.0633. The van der Waals surface area contributed by atoms with Crippen LogP contribution in [0.15, 0.2) is 72.8 Å². The highest BCUT2D eigenvalue weighted by Crippen LogP contribution is 2.26. The molecule has 0 fully saturated rings. The van der Waals surface area contributed by atoms with Gasteiger partial charge in [-0.3, -0.25) is 4.79 Å². The molecule has 0 unspecified atom stereocenters. The lowest BCUT2D eigenvalue weighted by Gasteiger charge is -2.14. The van der Waals surface area contributed by atoms with Crippen molar-refractivity contribution >= 4 is 28.5 Å². The number of carbonyl (C=O) groups is 1. The zero-order valence-electron chi connectivity index (χ0n) is 19.2. The van der Waals surface area contributed by atoms with E-state index >= 15 is 0 Å². The highest BCUT2D eigenvalue weighted by molar-refractivity contribution is 6.31. The molecule has 0 spiro atoms. The average Bonchev–Trinajstić information content (AvgIpc) is 3.19. The normalized spacial score (nSPS) is 10.9. The van der Waals surface area contributed by atoms with Crippen LogP contribution in [0.5, 0.6) is 11.5 Å². The van der Waals surface area contributed by atoms with E-state index in [0.29, 0.717) is 37.7 Å². The van der Waals surface area contributed by atoms with Gasteiger partial charge in [0, 0.05) is 18.0 Å². The van der Waals surface area contributed by atoms with Crippen molar-refractivity contribution in [2.75, 3.05) is 19.8 Å². The number of imidazole rings is 1. The van der Waals surface area contributed by atoms with Crippen LogP contribution in [0, 0.1) is 0 Å². The maximum absolute atomic E-state index is 12.4. The first kappa shape index (κ1) is 23.6. The number of nitrogens with zero attached hydrogens (tertiary/aromatic N) is 2. The summed E-state index contributed by atoms with van der Waals surface area (Å²) in [4.78, 5) is 17.2. The lowest BCUT2D eigenvalue weighted by Crippen LogP contribution is -2.28. The van der Waals surface area contributed by atoms with Crippen LogP contribution in [0.4, 0.5) is 0 Å². The van der Waals surface area contributed by atoms with E-state index in [9.17, 15) is 4.79 Å². The van der Waals surface area contributed by atoms with Gasteiger partial charge in [-0.1, -0.05) is 54.1 Å². The quantitative estimate of drug-likeness (QED) is 0.327. The molecule has 1 amide bonds. The van der Waals surface area contributed by atoms with Crippen molar-refractivity contribution in [1.82, 2.24) is 14.9 Å². The maximum atomic E-state index is 12.4. The van der Waals surface area contributed by atoms with Crippen molar-refractivity contribution in [2.24, 2.45) is 0 Å². The lowest BCUT2D eigenvalue weighted by atomic mass is 10.1. The molecular formula is C27H28ClN3O3. The summed E-state index contributed by atoms with van der Waals surface area (Å²) in [6.45, 7) is 4.12. The largest absolute Gasteiger partial charge is 0.490 e. The van der Waals surface area contributed by atoms with Crippen LogP contribution in [0.1, 0.15) is 18.3 Å². The summed E-state index contributed by atoms with van der Waals surface area (Å²) in [6, 6.07) is 23.1. The molecule has 0 aliphatic heterocycles. The molecule has 1 aromatic heterocycles. The molecule has 0 aliphatic carbocycles. The Bertz CT molecular complexity index is 1250. The summed E-state index contributed by atoms with van der Waals surface area (Å²) in [7, 11) is 0. The van der Waals surface area contributed by atoms with E-state index in [0.717, 1.165) is 33.9 Å². The summed E-state index contributed by atoms with van der Waals surface area (Å²) in [5.74, 6) is 2.30. The Morgan fingerprint density at radius 2 is 1.68 bits per heavy atom. The first-order chi connectivity index (χ1) is 16.7. The van der Waals surface area contributed by atoms with Crippen molar-refractivity contribution in [3.05, 3.63) is 89.2 Å². The van der Waals surface area contributed by atoms with Crippen LogP contribution in [0.2, 0.25) is 5.02 Å². The number of halogens is 1. The van der Waals surface area contributed by atoms with Gasteiger partial charge in [0.2, 0.25) is 5.91 Å². The van der Waals surface area contributed by atoms with Gasteiger partial charge in [0.15, 0.2) is 11.5 Å². The lowest BCUT2D eigenvalue weighted by molar-refractivity contribution is -0.120. The predicted octanol–water partition coefficient (Wildman–Crippen LogP) is 5.07. The molecule has 0 atom stereocenters. The Balaban J connectivity index is 1.39. The molecule has 34 heavy (non-hydrogen) atoms. The molecule has 6 nitrogen and oxygen atoms in total. The molecule has 1 N–H and O–H groups in total. The zero-order valence-corrected chi connectivity index (χ0v) is 19.9. The van der Waals surface area contributed by atoms with Crippen molar-refractivity contribution in [1.29, 1.82) is 0 Å². The molecule has 0 saturated heterocycles. The first-order valence-electron chi connectivity index (χ1n) is 11.4. The summed E-state index contributed by atoms with van der Waals surface area (Å²) < 4.78 is 13.8. The molecule has 176 valence electrons. The number of nitrogens with one attached hydrogen (secondary N) is 1. The summed E-state index contributed by atoms with van der Waals surface area (Å²) in [5.41, 5.74) is 2.79. The minimum Gasteiger partial charge on any atom is -0.490 e. The molecule has 0 aliphatic rings. The Labute approximate surface area is 204 Å². The van der Waals surface area contributed by atoms with Crippen molar-refractivity contribution in [2.45, 2.75) is 26.3 Å². The summed E-state index contributed by atoms with van der Waals surface area (Å²) >= 11 is 6.17. The number of aromatic nitrogens is 2. The monoisotopic (exact) mass is 477 g/mol. The second kappa shape index (κ2) is 11.6. The molecule has 4 aromatic rings. The molecule has 1 heterocycles. The Kier molecular flexibility index (Phi) is 8.04. The van der Waals surface area contributed by atoms with E-state index in [-0.39, 0.29) is 12.3 Å². The fraction of sp³-hybridized carbons (Fsp3) is 0.259. The van der Waals surface area contributed by atoms with Crippen molar-refractivity contribution < 1.29 is 14.3 Å². The molecule has 0 saturated carbocycles. The van der Waals surface area contributed by atoms with Gasteiger partial charge in [0.1, 0.15) is 12.4 Å². The molecule has 4 rings (SSSR count). The number of hydrogen-bond donors (Lipinski definition) is 1. The maximum Gasteiger partial charge on any atom is 0.224 e. The number of hydrogen-bond acceptors (Lipinski definition) is 4. The van der Waals surface area contributed by atoms with Crippen LogP contribution >= 0.6 is 11.6 Å². The number of rotatable bonds is 11. The molecule has 7 heteroatoms. The van der Waals surface area contributed by atoms with E-state index in [4.69, 9.17) is 26.1 Å². The van der Waals surface area contributed by atoms with Crippen LogP contribution < -0.4 is 14.8 Å². The number of para-hydroxylation sites is 4. The average molecular weight is 478 g/mol. The second-order valence-electron chi connectivity index (χ2n) is 7.76. The molecular weight excluding hydrogens is 450 g/mol. The van der Waals surface area contributed by atoms with E-state index in [1.165, 1.54) is 0 Å². The number of benzene rings is 3. The third-order valence-corrected chi connectivity index (χ3v) is 5.80.